The molecule has 2 heterocycles. The van der Waals surface area contributed by atoms with Gasteiger partial charge in [-0.2, -0.15) is 4.98 Å². The smallest absolute Gasteiger partial charge is 0.410 e. The molecule has 0 radical (unpaired) electrons. The number of hydrogen-bond donors (Lipinski definition) is 0. The first-order valence-electron chi connectivity index (χ1n) is 8.40. The number of likely N-dealkylation sites (tertiary alicyclic amines) is 1. The molecule has 0 saturated carbocycles. The first-order valence-corrected chi connectivity index (χ1v) is 8.40. The van der Waals surface area contributed by atoms with Crippen LogP contribution in [0, 0.1) is 0 Å². The van der Waals surface area contributed by atoms with Gasteiger partial charge in [0.05, 0.1) is 6.04 Å². The molecule has 0 unspecified atom stereocenters. The minimum Gasteiger partial charge on any atom is -0.444 e. The van der Waals surface area contributed by atoms with Crippen molar-refractivity contribution in [1.29, 1.82) is 0 Å². The van der Waals surface area contributed by atoms with Crippen molar-refractivity contribution in [2.45, 2.75) is 45.3 Å². The molecule has 130 valence electrons. The fourth-order valence-corrected chi connectivity index (χ4v) is 2.93. The number of nitrogens with zero attached hydrogens (tertiary/aromatic N) is 3. The van der Waals surface area contributed by atoms with Crippen LogP contribution in [-0.4, -0.2) is 47.8 Å². The number of anilines is 1. The van der Waals surface area contributed by atoms with Crippen LogP contribution in [0.5, 0.6) is 0 Å². The molecule has 1 amide bonds. The Morgan fingerprint density at radius 3 is 2.83 bits per heavy atom. The van der Waals surface area contributed by atoms with Crippen molar-refractivity contribution >= 4 is 23.2 Å². The monoisotopic (exact) mass is 331 g/mol. The molecule has 1 aliphatic heterocycles. The predicted octanol–water partition coefficient (Wildman–Crippen LogP) is 3.66. The van der Waals surface area contributed by atoms with Crippen LogP contribution in [0.15, 0.2) is 28.7 Å². The molecule has 6 heteroatoms. The van der Waals surface area contributed by atoms with Crippen LogP contribution in [0.25, 0.3) is 11.1 Å². The van der Waals surface area contributed by atoms with Crippen LogP contribution in [0.1, 0.15) is 33.6 Å². The normalized spacial score (nSPS) is 18.7. The lowest BCUT2D eigenvalue weighted by atomic mass is 10.1. The number of benzene rings is 1. The molecular formula is C18H25N3O3. The number of ether oxygens (including phenoxy) is 1. The van der Waals surface area contributed by atoms with Crippen LogP contribution < -0.4 is 4.90 Å². The van der Waals surface area contributed by atoms with E-state index in [2.05, 4.69) is 4.98 Å². The number of oxazole rings is 1. The van der Waals surface area contributed by atoms with Crippen molar-refractivity contribution in [3.8, 4) is 0 Å². The van der Waals surface area contributed by atoms with Crippen LogP contribution >= 0.6 is 0 Å². The number of aromatic nitrogens is 1. The second-order valence-corrected chi connectivity index (χ2v) is 7.30. The number of fused-ring (bicyclic) bond motifs is 1. The number of piperidine rings is 1. The number of para-hydroxylation sites is 2. The van der Waals surface area contributed by atoms with E-state index in [4.69, 9.17) is 9.15 Å². The number of hydrogen-bond acceptors (Lipinski definition) is 5. The summed E-state index contributed by atoms with van der Waals surface area (Å²) in [5, 5.41) is 0. The molecular weight excluding hydrogens is 306 g/mol. The number of carbonyl (C=O) groups excluding carboxylic acids is 1. The molecule has 0 bridgehead atoms. The highest BCUT2D eigenvalue weighted by Crippen LogP contribution is 2.25. The lowest BCUT2D eigenvalue weighted by molar-refractivity contribution is 0.0198. The Labute approximate surface area is 142 Å². The van der Waals surface area contributed by atoms with Gasteiger partial charge in [-0.15, -0.1) is 0 Å². The molecule has 3 rings (SSSR count). The van der Waals surface area contributed by atoms with Gasteiger partial charge in [-0.25, -0.2) is 4.79 Å². The highest BCUT2D eigenvalue weighted by molar-refractivity contribution is 5.74. The van der Waals surface area contributed by atoms with Gasteiger partial charge < -0.3 is 19.0 Å². The topological polar surface area (TPSA) is 58.8 Å². The first-order chi connectivity index (χ1) is 11.3. The molecule has 1 aromatic heterocycles. The Hall–Kier alpha value is -2.24. The number of carbonyl (C=O) groups is 1. The number of likely N-dealkylation sites (N-methyl/N-ethyl adjacent to an activating group) is 1. The van der Waals surface area contributed by atoms with Crippen LogP contribution in [0.4, 0.5) is 10.8 Å². The molecule has 1 aliphatic rings. The fourth-order valence-electron chi connectivity index (χ4n) is 2.93. The third-order valence-electron chi connectivity index (χ3n) is 4.18. The lowest BCUT2D eigenvalue weighted by Crippen LogP contribution is -2.50. The highest BCUT2D eigenvalue weighted by atomic mass is 16.6. The summed E-state index contributed by atoms with van der Waals surface area (Å²) in [6.45, 7) is 7.00. The minimum absolute atomic E-state index is 0.166. The average molecular weight is 331 g/mol. The van der Waals surface area contributed by atoms with E-state index in [1.807, 2.05) is 57.0 Å². The van der Waals surface area contributed by atoms with E-state index in [9.17, 15) is 4.79 Å². The van der Waals surface area contributed by atoms with E-state index in [1.54, 1.807) is 4.90 Å². The maximum atomic E-state index is 12.3. The van der Waals surface area contributed by atoms with Crippen molar-refractivity contribution in [1.82, 2.24) is 9.88 Å². The number of amides is 1. The quantitative estimate of drug-likeness (QED) is 0.840. The fraction of sp³-hybridized carbons (Fsp3) is 0.556. The van der Waals surface area contributed by atoms with Crippen molar-refractivity contribution in [3.63, 3.8) is 0 Å². The Morgan fingerprint density at radius 1 is 1.38 bits per heavy atom. The van der Waals surface area contributed by atoms with Gasteiger partial charge in [-0.3, -0.25) is 0 Å². The second-order valence-electron chi connectivity index (χ2n) is 7.30. The summed E-state index contributed by atoms with van der Waals surface area (Å²) in [6.07, 6.45) is 1.68. The van der Waals surface area contributed by atoms with E-state index < -0.39 is 5.60 Å². The van der Waals surface area contributed by atoms with Gasteiger partial charge in [-0.1, -0.05) is 12.1 Å². The Balaban J connectivity index is 1.70. The molecule has 0 aliphatic carbocycles. The molecule has 1 atom stereocenters. The van der Waals surface area contributed by atoms with Crippen molar-refractivity contribution in [2.24, 2.45) is 0 Å². The van der Waals surface area contributed by atoms with Crippen LogP contribution in [0.3, 0.4) is 0 Å². The maximum absolute atomic E-state index is 12.3. The summed E-state index contributed by atoms with van der Waals surface area (Å²) in [6, 6.07) is 8.48. The van der Waals surface area contributed by atoms with Crippen LogP contribution in [-0.2, 0) is 4.74 Å². The highest BCUT2D eigenvalue weighted by Gasteiger charge is 2.30. The van der Waals surface area contributed by atoms with E-state index in [0.717, 1.165) is 30.5 Å². The lowest BCUT2D eigenvalue weighted by Gasteiger charge is -2.37. The van der Waals surface area contributed by atoms with Gasteiger partial charge in [-0.05, 0) is 45.7 Å². The van der Waals surface area contributed by atoms with Crippen LogP contribution in [0.2, 0.25) is 0 Å². The summed E-state index contributed by atoms with van der Waals surface area (Å²) >= 11 is 0. The summed E-state index contributed by atoms with van der Waals surface area (Å²) in [5.41, 5.74) is 1.15. The van der Waals surface area contributed by atoms with Crippen molar-refractivity contribution in [2.75, 3.05) is 25.0 Å². The molecule has 0 spiro atoms. The predicted molar refractivity (Wildman–Crippen MR) is 93.2 cm³/mol. The zero-order valence-corrected chi connectivity index (χ0v) is 14.8. The Bertz CT molecular complexity index is 687. The van der Waals surface area contributed by atoms with Gasteiger partial charge in [0.2, 0.25) is 0 Å². The third-order valence-corrected chi connectivity index (χ3v) is 4.18. The molecule has 24 heavy (non-hydrogen) atoms. The standard InChI is InChI=1S/C18H25N3O3/c1-18(2,3)24-17(22)21-11-7-8-13(12-21)20(4)16-19-14-9-5-6-10-15(14)23-16/h5-6,9-10,13H,7-8,11-12H2,1-4H3/t13-/m1/s1. The largest absolute Gasteiger partial charge is 0.444 e. The minimum atomic E-state index is -0.476. The molecule has 2 aromatic rings. The van der Waals surface area contributed by atoms with E-state index in [-0.39, 0.29) is 12.1 Å². The van der Waals surface area contributed by atoms with Gasteiger partial charge in [0.1, 0.15) is 11.1 Å². The van der Waals surface area contributed by atoms with Gasteiger partial charge in [0, 0.05) is 20.1 Å². The van der Waals surface area contributed by atoms with Crippen molar-refractivity contribution in [3.05, 3.63) is 24.3 Å². The summed E-state index contributed by atoms with van der Waals surface area (Å²) in [4.78, 5) is 20.6. The number of rotatable bonds is 2. The van der Waals surface area contributed by atoms with Gasteiger partial charge in [0.25, 0.3) is 6.01 Å². The molecule has 1 fully saturated rings. The molecule has 1 aromatic carbocycles. The van der Waals surface area contributed by atoms with Crippen molar-refractivity contribution < 1.29 is 13.9 Å². The maximum Gasteiger partial charge on any atom is 0.410 e. The summed E-state index contributed by atoms with van der Waals surface area (Å²) in [5.74, 6) is 0. The zero-order chi connectivity index (χ0) is 17.3. The van der Waals surface area contributed by atoms with E-state index in [1.165, 1.54) is 0 Å². The van der Waals surface area contributed by atoms with Gasteiger partial charge in [0.15, 0.2) is 5.58 Å². The SMILES string of the molecule is CN(c1nc2ccccc2o1)[C@@H]1CCCN(C(=O)OC(C)(C)C)C1. The Morgan fingerprint density at radius 2 is 2.12 bits per heavy atom. The molecule has 6 nitrogen and oxygen atoms in total. The molecule has 1 saturated heterocycles. The van der Waals surface area contributed by atoms with Gasteiger partial charge >= 0.3 is 6.09 Å². The Kier molecular flexibility index (Phi) is 4.39. The summed E-state index contributed by atoms with van der Waals surface area (Å²) in [7, 11) is 1.97. The van der Waals surface area contributed by atoms with E-state index in [0.29, 0.717) is 12.6 Å². The molecule has 0 N–H and O–H groups in total. The van der Waals surface area contributed by atoms with E-state index >= 15 is 0 Å². The summed E-state index contributed by atoms with van der Waals surface area (Å²) < 4.78 is 11.3. The average Bonchev–Trinajstić information content (AvgIpc) is 2.96. The zero-order valence-electron chi connectivity index (χ0n) is 14.8. The second kappa shape index (κ2) is 6.34. The first kappa shape index (κ1) is 16.6. The third kappa shape index (κ3) is 3.63.